The fraction of sp³-hybridized carbons (Fsp3) is 0.0400. The summed E-state index contributed by atoms with van der Waals surface area (Å²) < 4.78 is 32.0. The van der Waals surface area contributed by atoms with E-state index in [1.807, 2.05) is 43.3 Å². The molecule has 5 rings (SSSR count). The first kappa shape index (κ1) is 21.1. The van der Waals surface area contributed by atoms with Gasteiger partial charge in [0.25, 0.3) is 5.91 Å². The van der Waals surface area contributed by atoms with Gasteiger partial charge in [0.1, 0.15) is 5.01 Å². The lowest BCUT2D eigenvalue weighted by molar-refractivity contribution is 0.0991. The summed E-state index contributed by atoms with van der Waals surface area (Å²) in [6, 6.07) is 24.3. The summed E-state index contributed by atoms with van der Waals surface area (Å²) >= 11 is 1.60. The smallest absolute Gasteiger partial charge is 0.291 e. The van der Waals surface area contributed by atoms with Crippen molar-refractivity contribution in [3.63, 3.8) is 0 Å². The van der Waals surface area contributed by atoms with Crippen LogP contribution >= 0.6 is 11.3 Å². The molecule has 0 aliphatic heterocycles. The van der Waals surface area contributed by atoms with E-state index in [1.54, 1.807) is 35.6 Å². The SMILES string of the molecule is Cc1ccc(S(=O)(=O)c2ccc(C(=O)Nc3ccc(-c4nc5ccccc5s4)cc3)o2)cc1. The van der Waals surface area contributed by atoms with Gasteiger partial charge in [-0.2, -0.15) is 0 Å². The molecule has 5 aromatic rings. The minimum atomic E-state index is -3.84. The van der Waals surface area contributed by atoms with Crippen molar-refractivity contribution in [2.75, 3.05) is 5.32 Å². The van der Waals surface area contributed by atoms with E-state index < -0.39 is 15.7 Å². The summed E-state index contributed by atoms with van der Waals surface area (Å²) in [5.41, 5.74) is 3.40. The molecule has 0 saturated carbocycles. The fourth-order valence-corrected chi connectivity index (χ4v) is 5.45. The summed E-state index contributed by atoms with van der Waals surface area (Å²) in [5, 5.41) is 3.35. The van der Waals surface area contributed by atoms with Gasteiger partial charge in [0.05, 0.1) is 15.1 Å². The zero-order chi connectivity index (χ0) is 23.0. The molecule has 0 spiro atoms. The third-order valence-electron chi connectivity index (χ3n) is 5.08. The van der Waals surface area contributed by atoms with Crippen LogP contribution in [0.4, 0.5) is 5.69 Å². The highest BCUT2D eigenvalue weighted by Crippen LogP contribution is 2.31. The number of thiazole rings is 1. The molecule has 3 aromatic carbocycles. The number of fused-ring (bicyclic) bond motifs is 1. The van der Waals surface area contributed by atoms with Gasteiger partial charge >= 0.3 is 0 Å². The molecule has 0 aliphatic carbocycles. The van der Waals surface area contributed by atoms with Crippen molar-refractivity contribution in [2.45, 2.75) is 16.9 Å². The van der Waals surface area contributed by atoms with Crippen molar-refractivity contribution in [3.05, 3.63) is 96.3 Å². The average molecular weight is 475 g/mol. The van der Waals surface area contributed by atoms with Crippen LogP contribution in [0.25, 0.3) is 20.8 Å². The average Bonchev–Trinajstić information content (AvgIpc) is 3.48. The summed E-state index contributed by atoms with van der Waals surface area (Å²) in [6.45, 7) is 1.87. The molecule has 1 amide bonds. The molecule has 8 heteroatoms. The number of furan rings is 1. The van der Waals surface area contributed by atoms with Crippen LogP contribution in [-0.4, -0.2) is 19.3 Å². The molecule has 1 N–H and O–H groups in total. The van der Waals surface area contributed by atoms with Crippen molar-refractivity contribution in [2.24, 2.45) is 0 Å². The first-order chi connectivity index (χ1) is 15.9. The van der Waals surface area contributed by atoms with Gasteiger partial charge in [-0.3, -0.25) is 4.79 Å². The molecule has 0 atom stereocenters. The van der Waals surface area contributed by atoms with Gasteiger partial charge in [-0.25, -0.2) is 13.4 Å². The van der Waals surface area contributed by atoms with Gasteiger partial charge in [0.15, 0.2) is 5.76 Å². The second-order valence-electron chi connectivity index (χ2n) is 7.45. The minimum Gasteiger partial charge on any atom is -0.439 e. The lowest BCUT2D eigenvalue weighted by Crippen LogP contribution is -2.10. The Morgan fingerprint density at radius 3 is 2.36 bits per heavy atom. The number of nitrogens with one attached hydrogen (secondary N) is 1. The summed E-state index contributed by atoms with van der Waals surface area (Å²) in [4.78, 5) is 17.3. The number of hydrogen-bond donors (Lipinski definition) is 1. The van der Waals surface area contributed by atoms with E-state index in [2.05, 4.69) is 10.3 Å². The Labute approximate surface area is 194 Å². The minimum absolute atomic E-state index is 0.0871. The van der Waals surface area contributed by atoms with Crippen LogP contribution in [0.15, 0.2) is 99.3 Å². The van der Waals surface area contributed by atoms with Crippen LogP contribution in [0, 0.1) is 6.92 Å². The van der Waals surface area contributed by atoms with Crippen LogP contribution in [0.5, 0.6) is 0 Å². The van der Waals surface area contributed by atoms with Crippen LogP contribution < -0.4 is 5.32 Å². The van der Waals surface area contributed by atoms with E-state index in [1.165, 1.54) is 24.3 Å². The maximum atomic E-state index is 12.7. The molecule has 0 aliphatic rings. The predicted octanol–water partition coefficient (Wildman–Crippen LogP) is 5.95. The van der Waals surface area contributed by atoms with Crippen molar-refractivity contribution >= 4 is 43.0 Å². The lowest BCUT2D eigenvalue weighted by atomic mass is 10.2. The number of anilines is 1. The zero-order valence-electron chi connectivity index (χ0n) is 17.5. The second kappa shape index (κ2) is 8.31. The van der Waals surface area contributed by atoms with Gasteiger partial charge < -0.3 is 9.73 Å². The summed E-state index contributed by atoms with van der Waals surface area (Å²) in [7, 11) is -3.84. The topological polar surface area (TPSA) is 89.3 Å². The maximum Gasteiger partial charge on any atom is 0.291 e. The standard InChI is InChI=1S/C25H18N2O4S2/c1-16-6-12-19(13-7-16)33(29,30)23-15-14-21(31-23)24(28)26-18-10-8-17(9-11-18)25-27-20-4-2-3-5-22(20)32-25/h2-15H,1H3,(H,26,28). The van der Waals surface area contributed by atoms with Gasteiger partial charge in [-0.1, -0.05) is 29.8 Å². The van der Waals surface area contributed by atoms with Gasteiger partial charge in [0.2, 0.25) is 14.9 Å². The highest BCUT2D eigenvalue weighted by Gasteiger charge is 2.23. The molecule has 0 fully saturated rings. The number of benzene rings is 3. The first-order valence-electron chi connectivity index (χ1n) is 10.1. The van der Waals surface area contributed by atoms with E-state index in [9.17, 15) is 13.2 Å². The number of aromatic nitrogens is 1. The van der Waals surface area contributed by atoms with E-state index in [4.69, 9.17) is 4.42 Å². The number of amides is 1. The largest absolute Gasteiger partial charge is 0.439 e. The van der Waals surface area contributed by atoms with E-state index in [-0.39, 0.29) is 15.7 Å². The van der Waals surface area contributed by atoms with E-state index >= 15 is 0 Å². The van der Waals surface area contributed by atoms with Gasteiger partial charge in [-0.05, 0) is 67.6 Å². The Kier molecular flexibility index (Phi) is 5.32. The Morgan fingerprint density at radius 2 is 1.64 bits per heavy atom. The number of para-hydroxylation sites is 1. The molecule has 0 radical (unpaired) electrons. The number of nitrogens with zero attached hydrogens (tertiary/aromatic N) is 1. The van der Waals surface area contributed by atoms with Gasteiger partial charge in [-0.15, -0.1) is 11.3 Å². The Hall–Kier alpha value is -3.75. The number of rotatable bonds is 5. The van der Waals surface area contributed by atoms with Crippen molar-refractivity contribution in [3.8, 4) is 10.6 Å². The van der Waals surface area contributed by atoms with Crippen molar-refractivity contribution in [1.82, 2.24) is 4.98 Å². The normalized spacial score (nSPS) is 11.5. The quantitative estimate of drug-likeness (QED) is 0.340. The highest BCUT2D eigenvalue weighted by atomic mass is 32.2. The van der Waals surface area contributed by atoms with E-state index in [0.29, 0.717) is 5.69 Å². The lowest BCUT2D eigenvalue weighted by Gasteiger charge is -2.04. The number of sulfone groups is 1. The molecule has 33 heavy (non-hydrogen) atoms. The monoisotopic (exact) mass is 474 g/mol. The molecule has 6 nitrogen and oxygen atoms in total. The van der Waals surface area contributed by atoms with Crippen LogP contribution in [-0.2, 0) is 9.84 Å². The Bertz CT molecular complexity index is 1530. The van der Waals surface area contributed by atoms with E-state index in [0.717, 1.165) is 26.4 Å². The number of carbonyl (C=O) groups excluding carboxylic acids is 1. The first-order valence-corrected chi connectivity index (χ1v) is 12.4. The molecule has 164 valence electrons. The molecule has 0 saturated heterocycles. The number of carbonyl (C=O) groups is 1. The van der Waals surface area contributed by atoms with Crippen molar-refractivity contribution < 1.29 is 17.6 Å². The third kappa shape index (κ3) is 4.18. The summed E-state index contributed by atoms with van der Waals surface area (Å²) in [5.74, 6) is -0.621. The number of aryl methyl sites for hydroxylation is 1. The molecule has 0 bridgehead atoms. The van der Waals surface area contributed by atoms with Gasteiger partial charge in [0, 0.05) is 11.3 Å². The maximum absolute atomic E-state index is 12.7. The van der Waals surface area contributed by atoms with Crippen LogP contribution in [0.3, 0.4) is 0 Å². The second-order valence-corrected chi connectivity index (χ2v) is 10.4. The Morgan fingerprint density at radius 1 is 0.909 bits per heavy atom. The highest BCUT2D eigenvalue weighted by molar-refractivity contribution is 7.91. The zero-order valence-corrected chi connectivity index (χ0v) is 19.1. The molecule has 2 heterocycles. The molecular formula is C25H18N2O4S2. The molecular weight excluding hydrogens is 456 g/mol. The van der Waals surface area contributed by atoms with Crippen molar-refractivity contribution in [1.29, 1.82) is 0 Å². The summed E-state index contributed by atoms with van der Waals surface area (Å²) in [6.07, 6.45) is 0. The molecule has 0 unspecified atom stereocenters. The fourth-order valence-electron chi connectivity index (χ4n) is 3.30. The molecule has 2 aromatic heterocycles. The third-order valence-corrected chi connectivity index (χ3v) is 7.81. The number of hydrogen-bond acceptors (Lipinski definition) is 6. The predicted molar refractivity (Wildman–Crippen MR) is 128 cm³/mol. The van der Waals surface area contributed by atoms with Crippen LogP contribution in [0.2, 0.25) is 0 Å². The van der Waals surface area contributed by atoms with Crippen LogP contribution in [0.1, 0.15) is 16.1 Å². The Balaban J connectivity index is 1.32.